The van der Waals surface area contributed by atoms with Gasteiger partial charge in [0, 0.05) is 12.8 Å². The van der Waals surface area contributed by atoms with Crippen molar-refractivity contribution in [1.82, 2.24) is 5.32 Å². The highest BCUT2D eigenvalue weighted by molar-refractivity contribution is 5.78. The SMILES string of the molecule is Cc1ccc(CCC(=O)N[C@H](CC(=O)O)c2ccccc2C)o1. The van der Waals surface area contributed by atoms with Crippen LogP contribution in [0.25, 0.3) is 0 Å². The van der Waals surface area contributed by atoms with E-state index in [1.165, 1.54) is 0 Å². The number of carbonyl (C=O) groups excluding carboxylic acids is 1. The Morgan fingerprint density at radius 2 is 1.91 bits per heavy atom. The Labute approximate surface area is 135 Å². The van der Waals surface area contributed by atoms with Crippen molar-refractivity contribution in [1.29, 1.82) is 0 Å². The van der Waals surface area contributed by atoms with Crippen molar-refractivity contribution >= 4 is 11.9 Å². The molecule has 0 fully saturated rings. The molecular formula is C18H21NO4. The highest BCUT2D eigenvalue weighted by Gasteiger charge is 2.19. The van der Waals surface area contributed by atoms with E-state index in [0.717, 1.165) is 22.6 Å². The molecule has 2 rings (SSSR count). The van der Waals surface area contributed by atoms with Gasteiger partial charge >= 0.3 is 5.97 Å². The van der Waals surface area contributed by atoms with Crippen LogP contribution in [-0.4, -0.2) is 17.0 Å². The van der Waals surface area contributed by atoms with Gasteiger partial charge in [0.15, 0.2) is 0 Å². The number of nitrogens with one attached hydrogen (secondary N) is 1. The fourth-order valence-corrected chi connectivity index (χ4v) is 2.51. The quantitative estimate of drug-likeness (QED) is 0.822. The number of amides is 1. The summed E-state index contributed by atoms with van der Waals surface area (Å²) in [4.78, 5) is 23.2. The Morgan fingerprint density at radius 1 is 1.17 bits per heavy atom. The van der Waals surface area contributed by atoms with Crippen molar-refractivity contribution in [3.63, 3.8) is 0 Å². The highest BCUT2D eigenvalue weighted by Crippen LogP contribution is 2.21. The van der Waals surface area contributed by atoms with Gasteiger partial charge in [0.2, 0.25) is 5.91 Å². The van der Waals surface area contributed by atoms with E-state index < -0.39 is 12.0 Å². The van der Waals surface area contributed by atoms with E-state index in [9.17, 15) is 9.59 Å². The fraction of sp³-hybridized carbons (Fsp3) is 0.333. The van der Waals surface area contributed by atoms with E-state index in [-0.39, 0.29) is 18.7 Å². The zero-order valence-corrected chi connectivity index (χ0v) is 13.3. The summed E-state index contributed by atoms with van der Waals surface area (Å²) in [7, 11) is 0. The first-order valence-corrected chi connectivity index (χ1v) is 7.57. The first kappa shape index (κ1) is 16.8. The van der Waals surface area contributed by atoms with Gasteiger partial charge in [0.25, 0.3) is 0 Å². The molecule has 0 bridgehead atoms. The molecule has 2 N–H and O–H groups in total. The fourth-order valence-electron chi connectivity index (χ4n) is 2.51. The Bertz CT molecular complexity index is 690. The summed E-state index contributed by atoms with van der Waals surface area (Å²) in [6.45, 7) is 3.76. The molecule has 23 heavy (non-hydrogen) atoms. The number of carboxylic acids is 1. The van der Waals surface area contributed by atoms with Crippen molar-refractivity contribution in [2.45, 2.75) is 39.2 Å². The molecule has 0 aliphatic rings. The van der Waals surface area contributed by atoms with Gasteiger partial charge in [-0.25, -0.2) is 0 Å². The van der Waals surface area contributed by atoms with E-state index in [0.29, 0.717) is 6.42 Å². The molecule has 0 spiro atoms. The first-order valence-electron chi connectivity index (χ1n) is 7.57. The van der Waals surface area contributed by atoms with Crippen LogP contribution in [0.5, 0.6) is 0 Å². The number of aryl methyl sites for hydroxylation is 3. The molecule has 1 amide bonds. The number of rotatable bonds is 7. The van der Waals surface area contributed by atoms with Gasteiger partial charge in [-0.05, 0) is 37.1 Å². The molecule has 1 heterocycles. The van der Waals surface area contributed by atoms with Crippen LogP contribution in [0.2, 0.25) is 0 Å². The molecule has 5 nitrogen and oxygen atoms in total. The van der Waals surface area contributed by atoms with Crippen molar-refractivity contribution in [2.75, 3.05) is 0 Å². The smallest absolute Gasteiger partial charge is 0.305 e. The third-order valence-corrected chi connectivity index (χ3v) is 3.67. The summed E-state index contributed by atoms with van der Waals surface area (Å²) >= 11 is 0. The number of hydrogen-bond acceptors (Lipinski definition) is 3. The maximum Gasteiger partial charge on any atom is 0.305 e. The summed E-state index contributed by atoms with van der Waals surface area (Å²) in [6.07, 6.45) is 0.610. The third-order valence-electron chi connectivity index (χ3n) is 3.67. The number of carbonyl (C=O) groups is 2. The zero-order chi connectivity index (χ0) is 16.8. The van der Waals surface area contributed by atoms with E-state index in [1.54, 1.807) is 0 Å². The average Bonchev–Trinajstić information content (AvgIpc) is 2.90. The van der Waals surface area contributed by atoms with E-state index >= 15 is 0 Å². The van der Waals surface area contributed by atoms with Crippen LogP contribution in [0, 0.1) is 13.8 Å². The second kappa shape index (κ2) is 7.63. The summed E-state index contributed by atoms with van der Waals surface area (Å²) in [6, 6.07) is 10.7. The highest BCUT2D eigenvalue weighted by atomic mass is 16.4. The first-order chi connectivity index (χ1) is 11.0. The summed E-state index contributed by atoms with van der Waals surface area (Å²) in [5, 5.41) is 11.9. The van der Waals surface area contributed by atoms with Crippen LogP contribution in [0.1, 0.15) is 41.5 Å². The molecule has 0 unspecified atom stereocenters. The Hall–Kier alpha value is -2.56. The minimum atomic E-state index is -0.944. The lowest BCUT2D eigenvalue weighted by Crippen LogP contribution is -2.30. The van der Waals surface area contributed by atoms with Gasteiger partial charge in [-0.15, -0.1) is 0 Å². The average molecular weight is 315 g/mol. The molecule has 2 aromatic rings. The van der Waals surface area contributed by atoms with Gasteiger partial charge in [0.1, 0.15) is 11.5 Å². The molecule has 1 aromatic heterocycles. The lowest BCUT2D eigenvalue weighted by atomic mass is 9.98. The van der Waals surface area contributed by atoms with Crippen LogP contribution >= 0.6 is 0 Å². The van der Waals surface area contributed by atoms with Gasteiger partial charge < -0.3 is 14.8 Å². The van der Waals surface area contributed by atoms with E-state index in [2.05, 4.69) is 5.32 Å². The van der Waals surface area contributed by atoms with Crippen molar-refractivity contribution < 1.29 is 19.1 Å². The van der Waals surface area contributed by atoms with Crippen molar-refractivity contribution in [3.8, 4) is 0 Å². The normalized spacial score (nSPS) is 11.9. The number of benzene rings is 1. The van der Waals surface area contributed by atoms with Gasteiger partial charge in [-0.1, -0.05) is 24.3 Å². The molecule has 5 heteroatoms. The minimum absolute atomic E-state index is 0.142. The lowest BCUT2D eigenvalue weighted by molar-refractivity contribution is -0.137. The molecule has 0 aliphatic carbocycles. The van der Waals surface area contributed by atoms with Crippen LogP contribution in [0.15, 0.2) is 40.8 Å². The minimum Gasteiger partial charge on any atom is -0.481 e. The summed E-state index contributed by atoms with van der Waals surface area (Å²) < 4.78 is 5.43. The van der Waals surface area contributed by atoms with Crippen molar-refractivity contribution in [2.24, 2.45) is 0 Å². The number of furan rings is 1. The van der Waals surface area contributed by atoms with Crippen LogP contribution in [0.3, 0.4) is 0 Å². The van der Waals surface area contributed by atoms with Crippen LogP contribution in [-0.2, 0) is 16.0 Å². The van der Waals surface area contributed by atoms with Crippen molar-refractivity contribution in [3.05, 3.63) is 59.0 Å². The predicted molar refractivity (Wildman–Crippen MR) is 86.1 cm³/mol. The summed E-state index contributed by atoms with van der Waals surface area (Å²) in [5.74, 6) is 0.432. The Morgan fingerprint density at radius 3 is 2.52 bits per heavy atom. The van der Waals surface area contributed by atoms with Gasteiger partial charge in [0.05, 0.1) is 12.5 Å². The molecule has 0 radical (unpaired) electrons. The Balaban J connectivity index is 2.01. The monoisotopic (exact) mass is 315 g/mol. The standard InChI is InChI=1S/C18H21NO4/c1-12-5-3-4-6-15(12)16(11-18(21)22)19-17(20)10-9-14-8-7-13(2)23-14/h3-8,16H,9-11H2,1-2H3,(H,19,20)(H,21,22)/t16-/m1/s1. The molecule has 0 saturated heterocycles. The number of aliphatic carboxylic acids is 1. The maximum absolute atomic E-state index is 12.2. The largest absolute Gasteiger partial charge is 0.481 e. The Kier molecular flexibility index (Phi) is 5.57. The molecule has 1 atom stereocenters. The molecule has 1 aromatic carbocycles. The second-order valence-corrected chi connectivity index (χ2v) is 5.59. The maximum atomic E-state index is 12.2. The summed E-state index contributed by atoms with van der Waals surface area (Å²) in [5.41, 5.74) is 1.79. The molecule has 0 saturated carbocycles. The van der Waals surface area contributed by atoms with E-state index in [1.807, 2.05) is 50.2 Å². The third kappa shape index (κ3) is 4.98. The van der Waals surface area contributed by atoms with Crippen LogP contribution in [0.4, 0.5) is 0 Å². The second-order valence-electron chi connectivity index (χ2n) is 5.59. The molecular weight excluding hydrogens is 294 g/mol. The van der Waals surface area contributed by atoms with Gasteiger partial charge in [-0.2, -0.15) is 0 Å². The number of hydrogen-bond donors (Lipinski definition) is 2. The van der Waals surface area contributed by atoms with Gasteiger partial charge in [-0.3, -0.25) is 9.59 Å². The van der Waals surface area contributed by atoms with E-state index in [4.69, 9.17) is 9.52 Å². The lowest BCUT2D eigenvalue weighted by Gasteiger charge is -2.19. The van der Waals surface area contributed by atoms with Crippen LogP contribution < -0.4 is 5.32 Å². The predicted octanol–water partition coefficient (Wildman–Crippen LogP) is 3.16. The molecule has 0 aliphatic heterocycles. The topological polar surface area (TPSA) is 79.5 Å². The number of carboxylic acid groups (broad SMARTS) is 1. The zero-order valence-electron chi connectivity index (χ0n) is 13.3. The molecule has 122 valence electrons.